The van der Waals surface area contributed by atoms with E-state index >= 15 is 0 Å². The molecule has 4 unspecified atom stereocenters. The lowest BCUT2D eigenvalue weighted by Crippen LogP contribution is -2.58. The Morgan fingerprint density at radius 1 is 0.917 bits per heavy atom. The second kappa shape index (κ2) is 15.4. The highest BCUT2D eigenvalue weighted by Crippen LogP contribution is 2.13. The van der Waals surface area contributed by atoms with Crippen LogP contribution >= 0.6 is 11.8 Å². The van der Waals surface area contributed by atoms with Gasteiger partial charge in [-0.15, -0.1) is 0 Å². The van der Waals surface area contributed by atoms with E-state index in [1.165, 1.54) is 12.1 Å². The molecule has 0 radical (unpaired) electrons. The number of carbonyl (C=O) groups is 4. The molecule has 0 saturated heterocycles. The van der Waals surface area contributed by atoms with Gasteiger partial charge in [0.25, 0.3) is 0 Å². The van der Waals surface area contributed by atoms with Crippen molar-refractivity contribution in [3.05, 3.63) is 29.8 Å². The van der Waals surface area contributed by atoms with Crippen LogP contribution < -0.4 is 21.7 Å². The molecule has 7 N–H and O–H groups in total. The highest BCUT2D eigenvalue weighted by Gasteiger charge is 2.32. The van der Waals surface area contributed by atoms with Crippen molar-refractivity contribution in [2.24, 2.45) is 17.6 Å². The molecule has 0 aromatic heterocycles. The van der Waals surface area contributed by atoms with Gasteiger partial charge in [-0.1, -0.05) is 39.8 Å². The summed E-state index contributed by atoms with van der Waals surface area (Å²) in [6.45, 7) is 7.28. The van der Waals surface area contributed by atoms with Gasteiger partial charge in [0.1, 0.15) is 23.9 Å². The van der Waals surface area contributed by atoms with Crippen molar-refractivity contribution in [1.82, 2.24) is 16.0 Å². The number of nitrogens with two attached hydrogens (primary N) is 1. The number of rotatable bonds is 15. The lowest BCUT2D eigenvalue weighted by molar-refractivity contribution is -0.142. The molecule has 1 aromatic rings. The Morgan fingerprint density at radius 2 is 1.50 bits per heavy atom. The summed E-state index contributed by atoms with van der Waals surface area (Å²) in [7, 11) is 0. The first-order valence-electron chi connectivity index (χ1n) is 12.0. The van der Waals surface area contributed by atoms with Crippen LogP contribution in [0.1, 0.15) is 46.1 Å². The molecule has 11 heteroatoms. The lowest BCUT2D eigenvalue weighted by Gasteiger charge is -2.27. The topological polar surface area (TPSA) is 171 Å². The third-order valence-electron chi connectivity index (χ3n) is 5.55. The van der Waals surface area contributed by atoms with Gasteiger partial charge in [0.2, 0.25) is 17.7 Å². The van der Waals surface area contributed by atoms with Gasteiger partial charge >= 0.3 is 5.97 Å². The third kappa shape index (κ3) is 10.9. The van der Waals surface area contributed by atoms with E-state index in [-0.39, 0.29) is 24.0 Å². The van der Waals surface area contributed by atoms with E-state index in [0.29, 0.717) is 24.2 Å². The highest BCUT2D eigenvalue weighted by molar-refractivity contribution is 7.98. The van der Waals surface area contributed by atoms with Crippen molar-refractivity contribution in [1.29, 1.82) is 0 Å². The van der Waals surface area contributed by atoms with Gasteiger partial charge in [-0.05, 0) is 54.4 Å². The maximum atomic E-state index is 13.1. The molecule has 1 aromatic carbocycles. The van der Waals surface area contributed by atoms with Crippen LogP contribution in [0.2, 0.25) is 0 Å². The highest BCUT2D eigenvalue weighted by atomic mass is 32.2. The summed E-state index contributed by atoms with van der Waals surface area (Å²) in [5.74, 6) is -2.35. The molecule has 36 heavy (non-hydrogen) atoms. The molecule has 3 amide bonds. The normalized spacial score (nSPS) is 14.6. The molecule has 1 rings (SSSR count). The molecule has 0 aliphatic heterocycles. The van der Waals surface area contributed by atoms with Crippen molar-refractivity contribution in [2.75, 3.05) is 12.0 Å². The molecule has 0 heterocycles. The first-order chi connectivity index (χ1) is 16.8. The van der Waals surface area contributed by atoms with Crippen LogP contribution in [0.3, 0.4) is 0 Å². The number of benzene rings is 1. The fourth-order valence-corrected chi connectivity index (χ4v) is 3.97. The van der Waals surface area contributed by atoms with Gasteiger partial charge in [-0.25, -0.2) is 4.79 Å². The molecule has 10 nitrogen and oxygen atoms in total. The first-order valence-corrected chi connectivity index (χ1v) is 13.4. The number of aliphatic carboxylic acids is 1. The minimum atomic E-state index is -1.24. The number of carboxylic acid groups (broad SMARTS) is 1. The molecule has 0 spiro atoms. The Kier molecular flexibility index (Phi) is 13.3. The van der Waals surface area contributed by atoms with Crippen molar-refractivity contribution in [2.45, 2.75) is 71.1 Å². The number of aromatic hydroxyl groups is 1. The van der Waals surface area contributed by atoms with E-state index in [1.807, 2.05) is 20.1 Å². The number of amides is 3. The third-order valence-corrected chi connectivity index (χ3v) is 6.19. The molecule has 0 aliphatic rings. The number of thioether (sulfide) groups is 1. The van der Waals surface area contributed by atoms with Gasteiger partial charge in [0.05, 0.1) is 6.04 Å². The van der Waals surface area contributed by atoms with Gasteiger partial charge in [0.15, 0.2) is 0 Å². The number of carbonyl (C=O) groups excluding carboxylic acids is 3. The molecule has 4 atom stereocenters. The molecule has 0 saturated carbocycles. The number of phenolic OH excluding ortho intramolecular Hbond substituents is 1. The van der Waals surface area contributed by atoms with Crippen LogP contribution in [0.5, 0.6) is 5.75 Å². The summed E-state index contributed by atoms with van der Waals surface area (Å²) in [4.78, 5) is 50.5. The van der Waals surface area contributed by atoms with Crippen molar-refractivity contribution in [3.63, 3.8) is 0 Å². The molecular weight excluding hydrogens is 484 g/mol. The zero-order valence-corrected chi connectivity index (χ0v) is 22.4. The average molecular weight is 525 g/mol. The first kappa shape index (κ1) is 31.2. The minimum Gasteiger partial charge on any atom is -0.508 e. The quantitative estimate of drug-likeness (QED) is 0.199. The zero-order valence-electron chi connectivity index (χ0n) is 21.6. The lowest BCUT2D eigenvalue weighted by atomic mass is 9.99. The van der Waals surface area contributed by atoms with Crippen LogP contribution in [0, 0.1) is 11.8 Å². The fourth-order valence-electron chi connectivity index (χ4n) is 3.48. The fraction of sp³-hybridized carbons (Fsp3) is 0.600. The Balaban J connectivity index is 2.95. The summed E-state index contributed by atoms with van der Waals surface area (Å²) in [6, 6.07) is 2.12. The van der Waals surface area contributed by atoms with Crippen molar-refractivity contribution in [3.8, 4) is 5.75 Å². The predicted molar refractivity (Wildman–Crippen MR) is 141 cm³/mol. The summed E-state index contributed by atoms with van der Waals surface area (Å²) >= 11 is 1.57. The van der Waals surface area contributed by atoms with Gasteiger partial charge in [-0.3, -0.25) is 14.4 Å². The van der Waals surface area contributed by atoms with Gasteiger partial charge in [-0.2, -0.15) is 11.8 Å². The number of hydrogen-bond acceptors (Lipinski definition) is 7. The Bertz CT molecular complexity index is 878. The minimum absolute atomic E-state index is 0.0000803. The van der Waals surface area contributed by atoms with E-state index in [1.54, 1.807) is 37.7 Å². The Labute approximate surface area is 217 Å². The van der Waals surface area contributed by atoms with Crippen LogP contribution in [-0.4, -0.2) is 70.1 Å². The van der Waals surface area contributed by atoms with E-state index in [2.05, 4.69) is 16.0 Å². The summed E-state index contributed by atoms with van der Waals surface area (Å²) < 4.78 is 0. The van der Waals surface area contributed by atoms with E-state index in [9.17, 15) is 29.4 Å². The molecule has 0 aliphatic carbocycles. The predicted octanol–water partition coefficient (Wildman–Crippen LogP) is 1.26. The number of hydrogen-bond donors (Lipinski definition) is 6. The van der Waals surface area contributed by atoms with Crippen LogP contribution in [0.25, 0.3) is 0 Å². The van der Waals surface area contributed by atoms with Crippen molar-refractivity contribution < 1.29 is 29.4 Å². The monoisotopic (exact) mass is 524 g/mol. The second-order valence-electron chi connectivity index (χ2n) is 9.58. The van der Waals surface area contributed by atoms with Gasteiger partial charge in [0, 0.05) is 6.42 Å². The Morgan fingerprint density at radius 3 is 2.00 bits per heavy atom. The molecular formula is C25H40N4O6S. The average Bonchev–Trinajstić information content (AvgIpc) is 2.80. The van der Waals surface area contributed by atoms with Crippen LogP contribution in [-0.2, 0) is 25.6 Å². The van der Waals surface area contributed by atoms with Crippen LogP contribution in [0.15, 0.2) is 24.3 Å². The molecule has 202 valence electrons. The van der Waals surface area contributed by atoms with E-state index in [4.69, 9.17) is 5.73 Å². The number of phenols is 1. The molecule has 0 fully saturated rings. The standard InChI is InChI=1S/C25H40N4O6S/c1-14(2)12-19(27-22(31)18(26)10-11-36-5)23(32)29-21(15(3)4)24(33)28-20(25(34)35)13-16-6-8-17(30)9-7-16/h6-9,14-15,18-21,30H,10-13,26H2,1-5H3,(H,27,31)(H,28,33)(H,29,32)(H,34,35). The SMILES string of the molecule is CSCCC(N)C(=O)NC(CC(C)C)C(=O)NC(C(=O)NC(Cc1ccc(O)cc1)C(=O)O)C(C)C. The van der Waals surface area contributed by atoms with E-state index < -0.39 is 47.9 Å². The van der Waals surface area contributed by atoms with Crippen LogP contribution in [0.4, 0.5) is 0 Å². The maximum Gasteiger partial charge on any atom is 0.326 e. The number of nitrogens with one attached hydrogen (secondary N) is 3. The Hall–Kier alpha value is -2.79. The number of carboxylic acids is 1. The largest absolute Gasteiger partial charge is 0.508 e. The maximum absolute atomic E-state index is 13.1. The summed E-state index contributed by atoms with van der Waals surface area (Å²) in [5, 5.41) is 26.9. The smallest absolute Gasteiger partial charge is 0.326 e. The zero-order chi connectivity index (χ0) is 27.4. The van der Waals surface area contributed by atoms with Gasteiger partial charge < -0.3 is 31.9 Å². The van der Waals surface area contributed by atoms with E-state index in [0.717, 1.165) is 0 Å². The summed E-state index contributed by atoms with van der Waals surface area (Å²) in [5.41, 5.74) is 6.56. The second-order valence-corrected chi connectivity index (χ2v) is 10.6. The molecule has 0 bridgehead atoms. The van der Waals surface area contributed by atoms with Crippen molar-refractivity contribution >= 4 is 35.5 Å². The summed E-state index contributed by atoms with van der Waals surface area (Å²) in [6.07, 6.45) is 2.73.